The van der Waals surface area contributed by atoms with Crippen LogP contribution in [0.4, 0.5) is 0 Å². The Morgan fingerprint density at radius 1 is 1.29 bits per heavy atom. The molecule has 0 atom stereocenters. The Kier molecular flexibility index (Phi) is 4.13. The van der Waals surface area contributed by atoms with Gasteiger partial charge in [-0.1, -0.05) is 41.9 Å². The largest absolute Gasteiger partial charge is 0.312 e. The van der Waals surface area contributed by atoms with Crippen LogP contribution < -0.4 is 5.32 Å². The molecular weight excluding hydrogens is 276 g/mol. The molecule has 0 saturated carbocycles. The number of fused-ring (bicyclic) bond motifs is 1. The third-order valence-corrected chi connectivity index (χ3v) is 3.36. The Labute approximate surface area is 111 Å². The van der Waals surface area contributed by atoms with Crippen LogP contribution in [0.2, 0.25) is 0 Å². The fourth-order valence-corrected chi connectivity index (χ4v) is 2.29. The van der Waals surface area contributed by atoms with Gasteiger partial charge in [-0.25, -0.2) is 0 Å². The smallest absolute Gasteiger partial charge is 0.0758 e. The van der Waals surface area contributed by atoms with Gasteiger partial charge in [-0.3, -0.25) is 4.98 Å². The van der Waals surface area contributed by atoms with Gasteiger partial charge in [0.2, 0.25) is 0 Å². The van der Waals surface area contributed by atoms with Gasteiger partial charge in [0.05, 0.1) is 5.52 Å². The first kappa shape index (κ1) is 12.5. The minimum Gasteiger partial charge on any atom is -0.312 e. The molecule has 0 fully saturated rings. The van der Waals surface area contributed by atoms with Crippen molar-refractivity contribution in [2.75, 3.05) is 6.54 Å². The van der Waals surface area contributed by atoms with Crippen LogP contribution in [0.1, 0.15) is 19.4 Å². The Hall–Kier alpha value is -0.930. The quantitative estimate of drug-likeness (QED) is 0.928. The van der Waals surface area contributed by atoms with Gasteiger partial charge in [0.15, 0.2) is 0 Å². The molecule has 0 saturated heterocycles. The van der Waals surface area contributed by atoms with Gasteiger partial charge in [-0.2, -0.15) is 0 Å². The number of nitrogens with one attached hydrogen (secondary N) is 1. The topological polar surface area (TPSA) is 24.9 Å². The molecular formula is C14H17BrN2. The first-order chi connectivity index (χ1) is 8.18. The van der Waals surface area contributed by atoms with Crippen LogP contribution in [0.5, 0.6) is 0 Å². The summed E-state index contributed by atoms with van der Waals surface area (Å²) in [6.45, 7) is 6.33. The summed E-state index contributed by atoms with van der Waals surface area (Å²) in [5, 5.41) is 4.63. The van der Waals surface area contributed by atoms with Crippen molar-refractivity contribution in [3.8, 4) is 0 Å². The van der Waals surface area contributed by atoms with Gasteiger partial charge in [-0.05, 0) is 30.2 Å². The highest BCUT2D eigenvalue weighted by Crippen LogP contribution is 2.25. The second kappa shape index (κ2) is 5.61. The maximum absolute atomic E-state index is 4.47. The van der Waals surface area contributed by atoms with Crippen molar-refractivity contribution in [2.24, 2.45) is 5.92 Å². The Bertz CT molecular complexity index is 509. The number of benzene rings is 1. The van der Waals surface area contributed by atoms with Crippen LogP contribution in [0.15, 0.2) is 34.9 Å². The van der Waals surface area contributed by atoms with Gasteiger partial charge >= 0.3 is 0 Å². The SMILES string of the molecule is CC(C)CNCc1ccc(Br)c2cccnc12. The molecule has 1 heterocycles. The fourth-order valence-electron chi connectivity index (χ4n) is 1.83. The van der Waals surface area contributed by atoms with Crippen LogP contribution in [-0.2, 0) is 6.54 Å². The maximum atomic E-state index is 4.47. The van der Waals surface area contributed by atoms with Gasteiger partial charge in [-0.15, -0.1) is 0 Å². The molecule has 0 aliphatic heterocycles. The number of aromatic nitrogens is 1. The first-order valence-electron chi connectivity index (χ1n) is 5.91. The highest BCUT2D eigenvalue weighted by molar-refractivity contribution is 9.10. The first-order valence-corrected chi connectivity index (χ1v) is 6.70. The molecule has 0 radical (unpaired) electrons. The summed E-state index contributed by atoms with van der Waals surface area (Å²) in [4.78, 5) is 4.47. The summed E-state index contributed by atoms with van der Waals surface area (Å²) in [5.74, 6) is 0.671. The number of hydrogen-bond donors (Lipinski definition) is 1. The zero-order valence-electron chi connectivity index (χ0n) is 10.2. The van der Waals surface area contributed by atoms with Crippen molar-refractivity contribution < 1.29 is 0 Å². The second-order valence-electron chi connectivity index (χ2n) is 4.63. The van der Waals surface area contributed by atoms with E-state index in [1.54, 1.807) is 0 Å². The van der Waals surface area contributed by atoms with E-state index in [0.29, 0.717) is 5.92 Å². The highest BCUT2D eigenvalue weighted by atomic mass is 79.9. The van der Waals surface area contributed by atoms with Crippen LogP contribution >= 0.6 is 15.9 Å². The van der Waals surface area contributed by atoms with E-state index < -0.39 is 0 Å². The molecule has 1 N–H and O–H groups in total. The lowest BCUT2D eigenvalue weighted by Crippen LogP contribution is -2.19. The van der Waals surface area contributed by atoms with Crippen molar-refractivity contribution in [3.63, 3.8) is 0 Å². The summed E-state index contributed by atoms with van der Waals surface area (Å²) < 4.78 is 1.10. The monoisotopic (exact) mass is 292 g/mol. The van der Waals surface area contributed by atoms with Crippen LogP contribution in [-0.4, -0.2) is 11.5 Å². The van der Waals surface area contributed by atoms with E-state index in [0.717, 1.165) is 23.1 Å². The lowest BCUT2D eigenvalue weighted by molar-refractivity contribution is 0.553. The zero-order valence-corrected chi connectivity index (χ0v) is 11.8. The molecule has 2 aromatic rings. The average molecular weight is 293 g/mol. The Balaban J connectivity index is 2.26. The minimum atomic E-state index is 0.671. The molecule has 1 aromatic heterocycles. The summed E-state index contributed by atoms with van der Waals surface area (Å²) in [6, 6.07) is 8.29. The van der Waals surface area contributed by atoms with Crippen molar-refractivity contribution in [1.82, 2.24) is 10.3 Å². The van der Waals surface area contributed by atoms with Crippen molar-refractivity contribution in [3.05, 3.63) is 40.5 Å². The zero-order chi connectivity index (χ0) is 12.3. The number of rotatable bonds is 4. The molecule has 3 heteroatoms. The molecule has 0 aliphatic carbocycles. The van der Waals surface area contributed by atoms with E-state index in [4.69, 9.17) is 0 Å². The minimum absolute atomic E-state index is 0.671. The lowest BCUT2D eigenvalue weighted by Gasteiger charge is -2.10. The van der Waals surface area contributed by atoms with Gasteiger partial charge < -0.3 is 5.32 Å². The van der Waals surface area contributed by atoms with E-state index in [9.17, 15) is 0 Å². The summed E-state index contributed by atoms with van der Waals surface area (Å²) in [7, 11) is 0. The summed E-state index contributed by atoms with van der Waals surface area (Å²) in [5.41, 5.74) is 2.34. The Morgan fingerprint density at radius 2 is 2.12 bits per heavy atom. The van der Waals surface area contributed by atoms with Crippen LogP contribution in [0.3, 0.4) is 0 Å². The van der Waals surface area contributed by atoms with Gasteiger partial charge in [0.1, 0.15) is 0 Å². The predicted molar refractivity (Wildman–Crippen MR) is 76.0 cm³/mol. The normalized spacial score (nSPS) is 11.3. The second-order valence-corrected chi connectivity index (χ2v) is 5.49. The molecule has 90 valence electrons. The third-order valence-electron chi connectivity index (χ3n) is 2.67. The van der Waals surface area contributed by atoms with Crippen LogP contribution in [0, 0.1) is 5.92 Å². The molecule has 0 spiro atoms. The average Bonchev–Trinajstić information content (AvgIpc) is 2.32. The number of hydrogen-bond acceptors (Lipinski definition) is 2. The standard InChI is InChI=1S/C14H17BrN2/c1-10(2)8-16-9-11-5-6-13(15)12-4-3-7-17-14(11)12/h3-7,10,16H,8-9H2,1-2H3. The summed E-state index contributed by atoms with van der Waals surface area (Å²) in [6.07, 6.45) is 1.85. The fraction of sp³-hybridized carbons (Fsp3) is 0.357. The third kappa shape index (κ3) is 3.05. The number of nitrogens with zero attached hydrogens (tertiary/aromatic N) is 1. The van der Waals surface area contributed by atoms with E-state index in [-0.39, 0.29) is 0 Å². The molecule has 0 aliphatic rings. The van der Waals surface area contributed by atoms with Gasteiger partial charge in [0.25, 0.3) is 0 Å². The Morgan fingerprint density at radius 3 is 2.88 bits per heavy atom. The summed E-state index contributed by atoms with van der Waals surface area (Å²) >= 11 is 3.56. The molecule has 0 bridgehead atoms. The maximum Gasteiger partial charge on any atom is 0.0758 e. The number of pyridine rings is 1. The van der Waals surface area contributed by atoms with E-state index in [1.165, 1.54) is 10.9 Å². The van der Waals surface area contributed by atoms with E-state index in [2.05, 4.69) is 58.3 Å². The number of halogens is 1. The molecule has 0 unspecified atom stereocenters. The molecule has 17 heavy (non-hydrogen) atoms. The molecule has 2 nitrogen and oxygen atoms in total. The molecule has 2 rings (SSSR count). The van der Waals surface area contributed by atoms with E-state index in [1.807, 2.05) is 12.3 Å². The predicted octanol–water partition coefficient (Wildman–Crippen LogP) is 3.74. The van der Waals surface area contributed by atoms with Crippen molar-refractivity contribution >= 4 is 26.8 Å². The van der Waals surface area contributed by atoms with Crippen molar-refractivity contribution in [1.29, 1.82) is 0 Å². The molecule has 0 amide bonds. The van der Waals surface area contributed by atoms with E-state index >= 15 is 0 Å². The highest BCUT2D eigenvalue weighted by Gasteiger charge is 2.05. The lowest BCUT2D eigenvalue weighted by atomic mass is 10.1. The molecule has 1 aromatic carbocycles. The van der Waals surface area contributed by atoms with Gasteiger partial charge in [0, 0.05) is 22.6 Å². The van der Waals surface area contributed by atoms with Crippen molar-refractivity contribution in [2.45, 2.75) is 20.4 Å². The van der Waals surface area contributed by atoms with Crippen LogP contribution in [0.25, 0.3) is 10.9 Å².